The Balaban J connectivity index is 1.35. The second kappa shape index (κ2) is 10.4. The molecule has 0 atom stereocenters. The van der Waals surface area contributed by atoms with Gasteiger partial charge in [-0.05, 0) is 30.7 Å². The van der Waals surface area contributed by atoms with Crippen molar-refractivity contribution in [3.05, 3.63) is 87.7 Å². The van der Waals surface area contributed by atoms with E-state index in [0.29, 0.717) is 37.6 Å². The van der Waals surface area contributed by atoms with Gasteiger partial charge in [0.2, 0.25) is 15.9 Å². The fourth-order valence-corrected chi connectivity index (χ4v) is 5.22. The average molecular weight is 496 g/mol. The van der Waals surface area contributed by atoms with E-state index in [1.165, 1.54) is 14.4 Å². The van der Waals surface area contributed by atoms with Crippen LogP contribution in [0.15, 0.2) is 70.9 Å². The van der Waals surface area contributed by atoms with Crippen LogP contribution in [0.4, 0.5) is 5.69 Å². The van der Waals surface area contributed by atoms with Gasteiger partial charge in [-0.3, -0.25) is 19.2 Å². The number of aromatic nitrogens is 2. The molecule has 0 bridgehead atoms. The summed E-state index contributed by atoms with van der Waals surface area (Å²) < 4.78 is 30.0. The Morgan fingerprint density at radius 1 is 0.971 bits per heavy atom. The molecule has 0 unspecified atom stereocenters. The predicted octanol–water partition coefficient (Wildman–Crippen LogP) is 2.04. The first kappa shape index (κ1) is 24.6. The van der Waals surface area contributed by atoms with Gasteiger partial charge in [0.1, 0.15) is 5.69 Å². The van der Waals surface area contributed by atoms with E-state index in [4.69, 9.17) is 0 Å². The monoisotopic (exact) mass is 495 g/mol. The number of carbonyl (C=O) groups excluding carboxylic acids is 1. The summed E-state index contributed by atoms with van der Waals surface area (Å²) in [6.07, 6.45) is 1.58. The van der Waals surface area contributed by atoms with Gasteiger partial charge in [0.05, 0.1) is 17.9 Å². The molecule has 9 nitrogen and oxygen atoms in total. The molecule has 184 valence electrons. The summed E-state index contributed by atoms with van der Waals surface area (Å²) in [4.78, 5) is 27.6. The third-order valence-electron chi connectivity index (χ3n) is 6.11. The van der Waals surface area contributed by atoms with Crippen molar-refractivity contribution in [2.75, 3.05) is 38.0 Å². The molecule has 1 aromatic heterocycles. The Kier molecular flexibility index (Phi) is 7.34. The molecule has 2 aromatic carbocycles. The third-order valence-corrected chi connectivity index (χ3v) is 7.67. The number of nitrogens with one attached hydrogen (secondary N) is 1. The topological polar surface area (TPSA) is 96.7 Å². The van der Waals surface area contributed by atoms with Gasteiger partial charge in [-0.2, -0.15) is 4.31 Å². The van der Waals surface area contributed by atoms with Crippen LogP contribution >= 0.6 is 0 Å². The number of nitrogens with zero attached hydrogens (tertiary/aromatic N) is 4. The molecule has 1 N–H and O–H groups in total. The molecule has 2 heterocycles. The quantitative estimate of drug-likeness (QED) is 0.541. The van der Waals surface area contributed by atoms with Crippen molar-refractivity contribution in [1.29, 1.82) is 0 Å². The molecule has 0 aliphatic carbocycles. The van der Waals surface area contributed by atoms with E-state index in [9.17, 15) is 18.0 Å². The van der Waals surface area contributed by atoms with Crippen LogP contribution in [0.2, 0.25) is 0 Å². The summed E-state index contributed by atoms with van der Waals surface area (Å²) in [6, 6.07) is 18.5. The lowest BCUT2D eigenvalue weighted by Gasteiger charge is -2.32. The lowest BCUT2D eigenvalue weighted by Crippen LogP contribution is -2.50. The van der Waals surface area contributed by atoms with Crippen molar-refractivity contribution >= 4 is 27.7 Å². The summed E-state index contributed by atoms with van der Waals surface area (Å²) in [5.41, 5.74) is 2.11. The minimum absolute atomic E-state index is 0.0762. The number of amides is 1. The van der Waals surface area contributed by atoms with Gasteiger partial charge in [0.15, 0.2) is 0 Å². The Labute approximate surface area is 204 Å². The second-order valence-electron chi connectivity index (χ2n) is 8.42. The normalized spacial score (nSPS) is 15.5. The molecule has 1 aliphatic rings. The van der Waals surface area contributed by atoms with Crippen LogP contribution in [0.1, 0.15) is 11.3 Å². The Bertz CT molecular complexity index is 1370. The number of carbonyl (C=O) groups is 1. The first-order valence-electron chi connectivity index (χ1n) is 11.4. The first-order chi connectivity index (χ1) is 16.8. The lowest BCUT2D eigenvalue weighted by atomic mass is 10.2. The zero-order chi connectivity index (χ0) is 25.0. The van der Waals surface area contributed by atoms with Crippen molar-refractivity contribution < 1.29 is 13.2 Å². The van der Waals surface area contributed by atoms with Crippen molar-refractivity contribution in [2.45, 2.75) is 6.92 Å². The van der Waals surface area contributed by atoms with Crippen molar-refractivity contribution in [3.8, 4) is 5.69 Å². The van der Waals surface area contributed by atoms with E-state index in [1.54, 1.807) is 24.7 Å². The second-order valence-corrected chi connectivity index (χ2v) is 10.2. The molecule has 0 spiro atoms. The number of hydrogen-bond donors (Lipinski definition) is 1. The summed E-state index contributed by atoms with van der Waals surface area (Å²) in [5.74, 6) is -0.309. The number of piperazine rings is 1. The smallest absolute Gasteiger partial charge is 0.295 e. The molecule has 0 radical (unpaired) electrons. The molecule has 1 saturated heterocycles. The van der Waals surface area contributed by atoms with E-state index in [2.05, 4.69) is 5.32 Å². The number of anilines is 1. The van der Waals surface area contributed by atoms with Crippen LogP contribution < -0.4 is 10.9 Å². The van der Waals surface area contributed by atoms with Crippen molar-refractivity contribution in [1.82, 2.24) is 18.6 Å². The average Bonchev–Trinajstić information content (AvgIpc) is 3.07. The number of para-hydroxylation sites is 1. The van der Waals surface area contributed by atoms with E-state index in [-0.39, 0.29) is 23.7 Å². The highest BCUT2D eigenvalue weighted by atomic mass is 32.2. The summed E-state index contributed by atoms with van der Waals surface area (Å²) in [7, 11) is -1.77. The number of sulfonamides is 1. The number of hydrogen-bond acceptors (Lipinski definition) is 5. The third kappa shape index (κ3) is 5.61. The Morgan fingerprint density at radius 2 is 1.57 bits per heavy atom. The molecule has 3 aromatic rings. The molecular formula is C25H29N5O4S. The number of rotatable bonds is 7. The van der Waals surface area contributed by atoms with Crippen LogP contribution in [-0.2, 0) is 21.9 Å². The highest BCUT2D eigenvalue weighted by Gasteiger charge is 2.26. The molecule has 4 rings (SSSR count). The molecule has 1 amide bonds. The highest BCUT2D eigenvalue weighted by Crippen LogP contribution is 2.15. The van der Waals surface area contributed by atoms with E-state index < -0.39 is 10.0 Å². The van der Waals surface area contributed by atoms with Gasteiger partial charge < -0.3 is 5.32 Å². The van der Waals surface area contributed by atoms with E-state index >= 15 is 0 Å². The van der Waals surface area contributed by atoms with Gasteiger partial charge in [0.25, 0.3) is 5.56 Å². The molecule has 0 saturated carbocycles. The van der Waals surface area contributed by atoms with E-state index in [0.717, 1.165) is 5.56 Å². The first-order valence-corrected chi connectivity index (χ1v) is 12.9. The van der Waals surface area contributed by atoms with Gasteiger partial charge in [-0.25, -0.2) is 13.1 Å². The molecule has 1 fully saturated rings. The Morgan fingerprint density at radius 3 is 2.20 bits per heavy atom. The fourth-order valence-electron chi connectivity index (χ4n) is 4.05. The van der Waals surface area contributed by atoms with E-state index in [1.807, 2.05) is 65.6 Å². The lowest BCUT2D eigenvalue weighted by molar-refractivity contribution is -0.117. The van der Waals surface area contributed by atoms with Crippen LogP contribution in [0.3, 0.4) is 0 Å². The maximum Gasteiger partial charge on any atom is 0.295 e. The van der Waals surface area contributed by atoms with Gasteiger partial charge >= 0.3 is 0 Å². The molecule has 10 heteroatoms. The summed E-state index contributed by atoms with van der Waals surface area (Å²) >= 11 is 0. The van der Waals surface area contributed by atoms with Gasteiger partial charge in [0, 0.05) is 38.6 Å². The van der Waals surface area contributed by atoms with Gasteiger partial charge in [-0.1, -0.05) is 48.5 Å². The summed E-state index contributed by atoms with van der Waals surface area (Å²) in [6.45, 7) is 3.29. The minimum Gasteiger partial charge on any atom is -0.319 e. The van der Waals surface area contributed by atoms with Gasteiger partial charge in [-0.15, -0.1) is 0 Å². The SMILES string of the molecule is Cc1c(NC(=O)CN2CCN(S(=O)(=O)/C=C/c3ccccc3)CC2)c(=O)n(-c2ccccc2)n1C. The van der Waals surface area contributed by atoms with Crippen LogP contribution in [0.5, 0.6) is 0 Å². The highest BCUT2D eigenvalue weighted by molar-refractivity contribution is 7.92. The molecule has 35 heavy (non-hydrogen) atoms. The van der Waals surface area contributed by atoms with Crippen molar-refractivity contribution in [3.63, 3.8) is 0 Å². The number of benzene rings is 2. The molecular weight excluding hydrogens is 466 g/mol. The standard InChI is InChI=1S/C25H29N5O4S/c1-20-24(25(32)30(27(20)2)22-11-7-4-8-12-22)26-23(31)19-28-14-16-29(17-15-28)35(33,34)18-13-21-9-5-3-6-10-21/h3-13,18H,14-17,19H2,1-2H3,(H,26,31)/b18-13+. The van der Waals surface area contributed by atoms with Crippen LogP contribution in [0.25, 0.3) is 11.8 Å². The van der Waals surface area contributed by atoms with Crippen molar-refractivity contribution in [2.24, 2.45) is 7.05 Å². The largest absolute Gasteiger partial charge is 0.319 e. The Hall–Kier alpha value is -3.47. The fraction of sp³-hybridized carbons (Fsp3) is 0.280. The zero-order valence-corrected chi connectivity index (χ0v) is 20.6. The summed E-state index contributed by atoms with van der Waals surface area (Å²) in [5, 5.41) is 3.98. The zero-order valence-electron chi connectivity index (χ0n) is 19.8. The predicted molar refractivity (Wildman–Crippen MR) is 137 cm³/mol. The maximum absolute atomic E-state index is 13.0. The van der Waals surface area contributed by atoms with Crippen LogP contribution in [-0.4, -0.2) is 65.6 Å². The molecule has 1 aliphatic heterocycles. The maximum atomic E-state index is 13.0. The minimum atomic E-state index is -3.54. The van der Waals surface area contributed by atoms with Crippen LogP contribution in [0, 0.1) is 6.92 Å².